The van der Waals surface area contributed by atoms with Gasteiger partial charge in [0.15, 0.2) is 6.10 Å². The van der Waals surface area contributed by atoms with E-state index in [4.69, 9.17) is 4.74 Å². The maximum atomic E-state index is 14.1. The molecule has 3 N–H and O–H groups in total. The van der Waals surface area contributed by atoms with Crippen LogP contribution in [-0.2, 0) is 30.3 Å². The highest BCUT2D eigenvalue weighted by atomic mass is 32.1. The lowest BCUT2D eigenvalue weighted by atomic mass is 9.93. The Kier molecular flexibility index (Phi) is 15.4. The third-order valence-electron chi connectivity index (χ3n) is 9.73. The first-order valence-corrected chi connectivity index (χ1v) is 18.5. The predicted octanol–water partition coefficient (Wildman–Crippen LogP) is 4.70. The second-order valence-electron chi connectivity index (χ2n) is 14.0. The predicted molar refractivity (Wildman–Crippen MR) is 192 cm³/mol. The Balaban J connectivity index is 1.81. The summed E-state index contributed by atoms with van der Waals surface area (Å²) in [6.07, 6.45) is 2.45. The van der Waals surface area contributed by atoms with Crippen LogP contribution in [0.2, 0.25) is 0 Å². The second kappa shape index (κ2) is 19.0. The molecule has 0 bridgehead atoms. The van der Waals surface area contributed by atoms with E-state index in [0.29, 0.717) is 17.8 Å². The highest BCUT2D eigenvalue weighted by Gasteiger charge is 2.37. The molecule has 1 fully saturated rings. The van der Waals surface area contributed by atoms with Crippen LogP contribution in [-0.4, -0.2) is 94.4 Å². The lowest BCUT2D eigenvalue weighted by molar-refractivity contribution is -0.149. The Bertz CT molecular complexity index is 1450. The summed E-state index contributed by atoms with van der Waals surface area (Å²) in [4.78, 5) is 73.0. The monoisotopic (exact) mass is 713 g/mol. The number of aliphatic carboxylic acids is 1. The number of ether oxygens (including phenoxy) is 1. The molecule has 1 aromatic heterocycles. The number of benzene rings is 1. The molecule has 13 heteroatoms. The number of hydrogen-bond donors (Lipinski definition) is 3. The number of thiazole rings is 1. The molecule has 0 radical (unpaired) electrons. The Morgan fingerprint density at radius 1 is 1.08 bits per heavy atom. The summed E-state index contributed by atoms with van der Waals surface area (Å²) in [6, 6.07) is 7.70. The molecular formula is C37H55N5O7S. The van der Waals surface area contributed by atoms with Crippen molar-refractivity contribution in [2.45, 2.75) is 110 Å². The van der Waals surface area contributed by atoms with Crippen molar-refractivity contribution in [2.24, 2.45) is 17.8 Å². The van der Waals surface area contributed by atoms with Gasteiger partial charge in [0.25, 0.3) is 5.91 Å². The first-order chi connectivity index (χ1) is 23.6. The minimum absolute atomic E-state index is 0.0473. The molecule has 50 heavy (non-hydrogen) atoms. The van der Waals surface area contributed by atoms with Crippen LogP contribution in [0.1, 0.15) is 101 Å². The number of likely N-dealkylation sites (N-methyl/N-ethyl adjacent to an activating group) is 2. The molecule has 1 saturated heterocycles. The number of hydrogen-bond acceptors (Lipinski definition) is 9. The zero-order valence-electron chi connectivity index (χ0n) is 30.7. The molecule has 1 aromatic carbocycles. The maximum absolute atomic E-state index is 14.1. The standard InChI is InChI=1S/C37H55N5O7S/c1-9-23(4)32(40-34(45)29-16-13-17-41(29)7)36(46)42(8)30(22(2)3)20-31(49-25(6)43)35-39-28(21-50-35)33(44)38-27(18-24(5)37(47)48)19-26-14-11-10-12-15-26/h10-12,14-15,21-24,27,29-32H,9,13,16-20H2,1-8H3,(H,38,44)(H,40,45)(H,47,48)/t23-,24-,27+,29+,30+,31+,32-/m0/s1. The Morgan fingerprint density at radius 3 is 2.32 bits per heavy atom. The van der Waals surface area contributed by atoms with Gasteiger partial charge in [-0.25, -0.2) is 4.98 Å². The molecule has 0 unspecified atom stereocenters. The average molecular weight is 714 g/mol. The number of carbonyl (C=O) groups excluding carboxylic acids is 4. The average Bonchev–Trinajstić information content (AvgIpc) is 3.74. The Labute approximate surface area is 300 Å². The molecule has 2 aromatic rings. The largest absolute Gasteiger partial charge is 0.481 e. The molecule has 276 valence electrons. The molecule has 0 spiro atoms. The van der Waals surface area contributed by atoms with E-state index >= 15 is 0 Å². The lowest BCUT2D eigenvalue weighted by Crippen LogP contribution is -2.56. The number of nitrogens with zero attached hydrogens (tertiary/aromatic N) is 3. The summed E-state index contributed by atoms with van der Waals surface area (Å²) >= 11 is 1.18. The fourth-order valence-electron chi connectivity index (χ4n) is 6.47. The van der Waals surface area contributed by atoms with E-state index in [9.17, 15) is 29.1 Å². The summed E-state index contributed by atoms with van der Waals surface area (Å²) < 4.78 is 5.75. The SMILES string of the molecule is CC[C@H](C)[C@H](NC(=O)[C@H]1CCCN1C)C(=O)N(C)[C@H](C[C@@H](OC(C)=O)c1nc(C(=O)N[C@@H](Cc2ccccc2)C[C@H](C)C(=O)O)cs1)C(C)C. The van der Waals surface area contributed by atoms with E-state index in [2.05, 4.69) is 15.6 Å². The quantitative estimate of drug-likeness (QED) is 0.186. The Morgan fingerprint density at radius 2 is 1.76 bits per heavy atom. The van der Waals surface area contributed by atoms with Crippen LogP contribution >= 0.6 is 11.3 Å². The fraction of sp³-hybridized carbons (Fsp3) is 0.622. The summed E-state index contributed by atoms with van der Waals surface area (Å²) in [6.45, 7) is 11.7. The number of esters is 1. The van der Waals surface area contributed by atoms with Crippen molar-refractivity contribution in [3.05, 3.63) is 52.0 Å². The van der Waals surface area contributed by atoms with E-state index in [1.54, 1.807) is 24.3 Å². The summed E-state index contributed by atoms with van der Waals surface area (Å²) in [7, 11) is 3.64. The maximum Gasteiger partial charge on any atom is 0.306 e. The lowest BCUT2D eigenvalue weighted by Gasteiger charge is -2.37. The third kappa shape index (κ3) is 11.3. The normalized spacial score (nSPS) is 18.4. The van der Waals surface area contributed by atoms with Gasteiger partial charge < -0.3 is 25.4 Å². The first-order valence-electron chi connectivity index (χ1n) is 17.6. The molecule has 3 amide bonds. The fourth-order valence-corrected chi connectivity index (χ4v) is 7.31. The number of rotatable bonds is 18. The van der Waals surface area contributed by atoms with Crippen molar-refractivity contribution in [2.75, 3.05) is 20.6 Å². The smallest absolute Gasteiger partial charge is 0.306 e. The number of carboxylic acid groups (broad SMARTS) is 1. The van der Waals surface area contributed by atoms with Crippen molar-refractivity contribution < 1.29 is 33.8 Å². The van der Waals surface area contributed by atoms with E-state index in [1.807, 2.05) is 70.0 Å². The molecule has 0 aliphatic carbocycles. The summed E-state index contributed by atoms with van der Waals surface area (Å²) in [5.41, 5.74) is 1.09. The first kappa shape index (κ1) is 40.6. The second-order valence-corrected chi connectivity index (χ2v) is 14.9. The van der Waals surface area contributed by atoms with Crippen LogP contribution in [0.15, 0.2) is 35.7 Å². The number of carboxylic acids is 1. The molecule has 1 aliphatic heterocycles. The van der Waals surface area contributed by atoms with E-state index in [1.165, 1.54) is 18.3 Å². The highest BCUT2D eigenvalue weighted by molar-refractivity contribution is 7.09. The highest BCUT2D eigenvalue weighted by Crippen LogP contribution is 2.31. The van der Waals surface area contributed by atoms with Crippen LogP contribution in [0.25, 0.3) is 0 Å². The number of carbonyl (C=O) groups is 5. The molecule has 0 saturated carbocycles. The molecular weight excluding hydrogens is 659 g/mol. The van der Waals surface area contributed by atoms with E-state index in [0.717, 1.165) is 24.9 Å². The van der Waals surface area contributed by atoms with E-state index < -0.39 is 48.0 Å². The minimum atomic E-state index is -0.945. The Hall–Kier alpha value is -3.84. The summed E-state index contributed by atoms with van der Waals surface area (Å²) in [5.74, 6) is -3.12. The van der Waals surface area contributed by atoms with Crippen LogP contribution in [0, 0.1) is 17.8 Å². The number of likely N-dealkylation sites (tertiary alicyclic amines) is 1. The molecule has 2 heterocycles. The number of aromatic nitrogens is 1. The van der Waals surface area contributed by atoms with Gasteiger partial charge in [-0.3, -0.25) is 28.9 Å². The van der Waals surface area contributed by atoms with Gasteiger partial charge in [0, 0.05) is 37.9 Å². The third-order valence-corrected chi connectivity index (χ3v) is 10.7. The van der Waals surface area contributed by atoms with Crippen LogP contribution in [0.4, 0.5) is 0 Å². The molecule has 7 atom stereocenters. The zero-order valence-corrected chi connectivity index (χ0v) is 31.5. The summed E-state index contributed by atoms with van der Waals surface area (Å²) in [5, 5.41) is 17.5. The minimum Gasteiger partial charge on any atom is -0.481 e. The van der Waals surface area contributed by atoms with Crippen LogP contribution < -0.4 is 10.6 Å². The van der Waals surface area contributed by atoms with Gasteiger partial charge >= 0.3 is 11.9 Å². The molecule has 3 rings (SSSR count). The van der Waals surface area contributed by atoms with Crippen molar-refractivity contribution in [1.29, 1.82) is 0 Å². The number of amides is 3. The van der Waals surface area contributed by atoms with E-state index in [-0.39, 0.29) is 48.2 Å². The van der Waals surface area contributed by atoms with Gasteiger partial charge in [-0.05, 0) is 56.7 Å². The van der Waals surface area contributed by atoms with Gasteiger partial charge in [-0.2, -0.15) is 0 Å². The zero-order chi connectivity index (χ0) is 37.1. The van der Waals surface area contributed by atoms with Crippen LogP contribution in [0.5, 0.6) is 0 Å². The van der Waals surface area contributed by atoms with Gasteiger partial charge in [0.2, 0.25) is 11.8 Å². The number of nitrogens with one attached hydrogen (secondary N) is 2. The van der Waals surface area contributed by atoms with Gasteiger partial charge in [0.05, 0.1) is 12.0 Å². The van der Waals surface area contributed by atoms with Crippen molar-refractivity contribution in [3.8, 4) is 0 Å². The van der Waals surface area contributed by atoms with Crippen LogP contribution in [0.3, 0.4) is 0 Å². The molecule has 1 aliphatic rings. The van der Waals surface area contributed by atoms with Gasteiger partial charge in [-0.15, -0.1) is 11.3 Å². The van der Waals surface area contributed by atoms with Crippen molar-refractivity contribution in [1.82, 2.24) is 25.4 Å². The molecule has 12 nitrogen and oxygen atoms in total. The van der Waals surface area contributed by atoms with Crippen molar-refractivity contribution >= 4 is 41.0 Å². The van der Waals surface area contributed by atoms with Crippen molar-refractivity contribution in [3.63, 3.8) is 0 Å². The topological polar surface area (TPSA) is 158 Å². The van der Waals surface area contributed by atoms with Gasteiger partial charge in [0.1, 0.15) is 16.7 Å². The van der Waals surface area contributed by atoms with Gasteiger partial charge in [-0.1, -0.05) is 71.4 Å².